The molecule has 2 rings (SSSR count). The van der Waals surface area contributed by atoms with Crippen LogP contribution < -0.4 is 5.32 Å². The number of likely N-dealkylation sites (tertiary alicyclic amines) is 1. The monoisotopic (exact) mass is 310 g/mol. The highest BCUT2D eigenvalue weighted by Gasteiger charge is 2.25. The third-order valence-corrected chi connectivity index (χ3v) is 4.16. The van der Waals surface area contributed by atoms with Crippen molar-refractivity contribution in [3.8, 4) is 0 Å². The van der Waals surface area contributed by atoms with Crippen LogP contribution in [0.3, 0.4) is 0 Å². The number of carbonyl (C=O) groups is 1. The zero-order chi connectivity index (χ0) is 15.1. The zero-order valence-corrected chi connectivity index (χ0v) is 13.0. The van der Waals surface area contributed by atoms with Gasteiger partial charge in [0.05, 0.1) is 6.54 Å². The molecule has 1 saturated heterocycles. The van der Waals surface area contributed by atoms with E-state index in [9.17, 15) is 4.79 Å². The van der Waals surface area contributed by atoms with Crippen molar-refractivity contribution in [3.63, 3.8) is 0 Å². The standard InChI is InChI=1S/C16H23ClN2O2/c17-14-5-1-4-13(10-14)11-18-16(21)12-19-8-2-6-15(19)7-3-9-20/h1,4-5,10,15,20H,2-3,6-9,11-12H2,(H,18,21). The van der Waals surface area contributed by atoms with E-state index in [1.165, 1.54) is 0 Å². The summed E-state index contributed by atoms with van der Waals surface area (Å²) in [7, 11) is 0. The van der Waals surface area contributed by atoms with Gasteiger partial charge in [0.1, 0.15) is 0 Å². The molecular weight excluding hydrogens is 288 g/mol. The molecule has 1 atom stereocenters. The SMILES string of the molecule is O=C(CN1CCCC1CCCO)NCc1cccc(Cl)c1. The Bertz CT molecular complexity index is 467. The molecule has 4 nitrogen and oxygen atoms in total. The molecule has 1 aromatic carbocycles. The van der Waals surface area contributed by atoms with E-state index in [0.29, 0.717) is 24.2 Å². The number of aliphatic hydroxyl groups is 1. The molecule has 2 N–H and O–H groups in total. The molecule has 0 aliphatic carbocycles. The molecule has 0 spiro atoms. The number of carbonyl (C=O) groups excluding carboxylic acids is 1. The Morgan fingerprint density at radius 2 is 2.33 bits per heavy atom. The lowest BCUT2D eigenvalue weighted by Gasteiger charge is -2.23. The molecule has 1 heterocycles. The van der Waals surface area contributed by atoms with Gasteiger partial charge in [-0.2, -0.15) is 0 Å². The van der Waals surface area contributed by atoms with Crippen LogP contribution in [0.4, 0.5) is 0 Å². The van der Waals surface area contributed by atoms with E-state index < -0.39 is 0 Å². The molecule has 0 aromatic heterocycles. The van der Waals surface area contributed by atoms with Gasteiger partial charge in [-0.3, -0.25) is 9.69 Å². The predicted octanol–water partition coefficient (Wildman–Crippen LogP) is 2.19. The van der Waals surface area contributed by atoms with Gasteiger partial charge < -0.3 is 10.4 Å². The molecule has 1 unspecified atom stereocenters. The molecule has 0 saturated carbocycles. The lowest BCUT2D eigenvalue weighted by molar-refractivity contribution is -0.122. The molecule has 1 amide bonds. The summed E-state index contributed by atoms with van der Waals surface area (Å²) < 4.78 is 0. The first-order valence-corrected chi connectivity index (χ1v) is 7.93. The van der Waals surface area contributed by atoms with Crippen LogP contribution >= 0.6 is 11.6 Å². The van der Waals surface area contributed by atoms with Crippen molar-refractivity contribution < 1.29 is 9.90 Å². The maximum atomic E-state index is 12.0. The smallest absolute Gasteiger partial charge is 0.234 e. The molecule has 1 aromatic rings. The van der Waals surface area contributed by atoms with Crippen molar-refractivity contribution in [1.29, 1.82) is 0 Å². The van der Waals surface area contributed by atoms with Gasteiger partial charge in [-0.05, 0) is 49.9 Å². The summed E-state index contributed by atoms with van der Waals surface area (Å²) in [5.74, 6) is 0.0471. The fraction of sp³-hybridized carbons (Fsp3) is 0.562. The number of halogens is 1. The Morgan fingerprint density at radius 3 is 3.10 bits per heavy atom. The average Bonchev–Trinajstić information content (AvgIpc) is 2.90. The summed E-state index contributed by atoms with van der Waals surface area (Å²) in [6, 6.07) is 7.96. The van der Waals surface area contributed by atoms with Crippen LogP contribution in [-0.2, 0) is 11.3 Å². The van der Waals surface area contributed by atoms with E-state index in [2.05, 4.69) is 10.2 Å². The van der Waals surface area contributed by atoms with E-state index in [1.54, 1.807) is 0 Å². The first kappa shape index (κ1) is 16.3. The highest BCUT2D eigenvalue weighted by Crippen LogP contribution is 2.20. The number of aliphatic hydroxyl groups excluding tert-OH is 1. The molecule has 5 heteroatoms. The summed E-state index contributed by atoms with van der Waals surface area (Å²) in [4.78, 5) is 14.3. The van der Waals surface area contributed by atoms with Crippen LogP contribution in [0.2, 0.25) is 5.02 Å². The maximum absolute atomic E-state index is 12.0. The molecule has 0 radical (unpaired) electrons. The van der Waals surface area contributed by atoms with Crippen LogP contribution in [0.15, 0.2) is 24.3 Å². The molecule has 1 fully saturated rings. The minimum atomic E-state index is 0.0471. The number of hydrogen-bond acceptors (Lipinski definition) is 3. The average molecular weight is 311 g/mol. The Morgan fingerprint density at radius 1 is 1.48 bits per heavy atom. The maximum Gasteiger partial charge on any atom is 0.234 e. The first-order chi connectivity index (χ1) is 10.2. The topological polar surface area (TPSA) is 52.6 Å². The van der Waals surface area contributed by atoms with Crippen LogP contribution in [0.25, 0.3) is 0 Å². The van der Waals surface area contributed by atoms with Crippen molar-refractivity contribution in [2.45, 2.75) is 38.3 Å². The van der Waals surface area contributed by atoms with Gasteiger partial charge in [0.15, 0.2) is 0 Å². The third-order valence-electron chi connectivity index (χ3n) is 3.92. The van der Waals surface area contributed by atoms with E-state index in [4.69, 9.17) is 16.7 Å². The van der Waals surface area contributed by atoms with Crippen molar-refractivity contribution in [3.05, 3.63) is 34.9 Å². The summed E-state index contributed by atoms with van der Waals surface area (Å²) in [5, 5.41) is 12.5. The fourth-order valence-corrected chi connectivity index (χ4v) is 3.06. The Balaban J connectivity index is 1.76. The van der Waals surface area contributed by atoms with Crippen molar-refractivity contribution >= 4 is 17.5 Å². The van der Waals surface area contributed by atoms with Gasteiger partial charge >= 0.3 is 0 Å². The predicted molar refractivity (Wildman–Crippen MR) is 84.2 cm³/mol. The third kappa shape index (κ3) is 5.30. The summed E-state index contributed by atoms with van der Waals surface area (Å²) >= 11 is 5.92. The normalized spacial score (nSPS) is 18.9. The molecular formula is C16H23ClN2O2. The van der Waals surface area contributed by atoms with Crippen LogP contribution in [-0.4, -0.2) is 41.7 Å². The first-order valence-electron chi connectivity index (χ1n) is 7.55. The number of nitrogens with one attached hydrogen (secondary N) is 1. The van der Waals surface area contributed by atoms with Crippen LogP contribution in [0, 0.1) is 0 Å². The Kier molecular flexibility index (Phi) is 6.49. The number of rotatable bonds is 7. The molecule has 21 heavy (non-hydrogen) atoms. The van der Waals surface area contributed by atoms with Crippen molar-refractivity contribution in [2.24, 2.45) is 0 Å². The number of amides is 1. The quantitative estimate of drug-likeness (QED) is 0.812. The van der Waals surface area contributed by atoms with Gasteiger partial charge in [-0.15, -0.1) is 0 Å². The largest absolute Gasteiger partial charge is 0.396 e. The highest BCUT2D eigenvalue weighted by atomic mass is 35.5. The lowest BCUT2D eigenvalue weighted by Crippen LogP contribution is -2.39. The van der Waals surface area contributed by atoms with E-state index in [1.807, 2.05) is 24.3 Å². The van der Waals surface area contributed by atoms with E-state index in [0.717, 1.165) is 37.8 Å². The van der Waals surface area contributed by atoms with Gasteiger partial charge in [0, 0.05) is 24.2 Å². The number of hydrogen-bond donors (Lipinski definition) is 2. The second-order valence-corrected chi connectivity index (χ2v) is 5.98. The van der Waals surface area contributed by atoms with Gasteiger partial charge in [0.25, 0.3) is 0 Å². The molecule has 1 aliphatic rings. The molecule has 1 aliphatic heterocycles. The molecule has 116 valence electrons. The second-order valence-electron chi connectivity index (χ2n) is 5.54. The lowest BCUT2D eigenvalue weighted by atomic mass is 10.1. The number of benzene rings is 1. The van der Waals surface area contributed by atoms with Crippen LogP contribution in [0.5, 0.6) is 0 Å². The summed E-state index contributed by atoms with van der Waals surface area (Å²) in [6.07, 6.45) is 4.04. The van der Waals surface area contributed by atoms with Crippen molar-refractivity contribution in [1.82, 2.24) is 10.2 Å². The van der Waals surface area contributed by atoms with Gasteiger partial charge in [-0.1, -0.05) is 23.7 Å². The number of nitrogens with zero attached hydrogens (tertiary/aromatic N) is 1. The fourth-order valence-electron chi connectivity index (χ4n) is 2.85. The Labute approximate surface area is 131 Å². The highest BCUT2D eigenvalue weighted by molar-refractivity contribution is 6.30. The van der Waals surface area contributed by atoms with Gasteiger partial charge in [0.2, 0.25) is 5.91 Å². The van der Waals surface area contributed by atoms with Crippen molar-refractivity contribution in [2.75, 3.05) is 19.7 Å². The second kappa shape index (κ2) is 8.37. The van der Waals surface area contributed by atoms with E-state index >= 15 is 0 Å². The van der Waals surface area contributed by atoms with E-state index in [-0.39, 0.29) is 12.5 Å². The minimum absolute atomic E-state index is 0.0471. The summed E-state index contributed by atoms with van der Waals surface area (Å²) in [5.41, 5.74) is 1.01. The Hall–Kier alpha value is -1.10. The van der Waals surface area contributed by atoms with Gasteiger partial charge in [-0.25, -0.2) is 0 Å². The zero-order valence-electron chi connectivity index (χ0n) is 12.2. The summed E-state index contributed by atoms with van der Waals surface area (Å²) in [6.45, 7) is 2.15. The van der Waals surface area contributed by atoms with Crippen LogP contribution in [0.1, 0.15) is 31.2 Å². The molecule has 0 bridgehead atoms. The minimum Gasteiger partial charge on any atom is -0.396 e.